The van der Waals surface area contributed by atoms with Crippen LogP contribution in [0.5, 0.6) is 0 Å². The first-order valence-electron chi connectivity index (χ1n) is 3.13. The third kappa shape index (κ3) is 1.71. The van der Waals surface area contributed by atoms with Gasteiger partial charge in [0, 0.05) is 5.92 Å². The topological polar surface area (TPSA) is 63.4 Å². The lowest BCUT2D eigenvalue weighted by molar-refractivity contribution is -0.405. The van der Waals surface area contributed by atoms with Crippen molar-refractivity contribution in [1.82, 2.24) is 0 Å². The molecule has 0 unspecified atom stereocenters. The maximum atomic E-state index is 9.87. The molecule has 0 spiro atoms. The van der Waals surface area contributed by atoms with E-state index in [4.69, 9.17) is 1.43 Å². The molecule has 0 atom stereocenters. The van der Waals surface area contributed by atoms with Gasteiger partial charge in [-0.3, -0.25) is 10.1 Å². The van der Waals surface area contributed by atoms with Gasteiger partial charge in [-0.25, -0.2) is 0 Å². The molecule has 1 aliphatic carbocycles. The third-order valence-corrected chi connectivity index (χ3v) is 1.21. The lowest BCUT2D eigenvalue weighted by Gasteiger charge is -1.86. The second-order valence-corrected chi connectivity index (χ2v) is 2.09. The fourth-order valence-corrected chi connectivity index (χ4v) is 0.577. The predicted molar refractivity (Wildman–Crippen MR) is 30.4 cm³/mol. The maximum absolute atomic E-state index is 9.87. The summed E-state index contributed by atoms with van der Waals surface area (Å²) in [6.45, 7) is 0. The van der Waals surface area contributed by atoms with Crippen molar-refractivity contribution in [2.75, 3.05) is 0 Å². The Morgan fingerprint density at radius 3 is 3.00 bits per heavy atom. The second kappa shape index (κ2) is 2.05. The number of nitrogens with zero attached hydrogens (tertiary/aromatic N) is 1. The van der Waals surface area contributed by atoms with Crippen LogP contribution in [0.2, 0.25) is 0 Å². The summed E-state index contributed by atoms with van der Waals surface area (Å²) in [6, 6.07) is 0. The zero-order chi connectivity index (χ0) is 7.56. The highest BCUT2D eigenvalue weighted by Gasteiger charge is 2.27. The summed E-state index contributed by atoms with van der Waals surface area (Å²) in [5, 5.41) is 13.9. The first kappa shape index (κ1) is 4.78. The second-order valence-electron chi connectivity index (χ2n) is 2.09. The number of hydrogen-bond acceptors (Lipinski definition) is 3. The smallest absolute Gasteiger partial charge is 0.293 e. The molecule has 1 saturated carbocycles. The van der Waals surface area contributed by atoms with E-state index in [9.17, 15) is 10.1 Å². The molecular formula is C5H7NO3. The van der Waals surface area contributed by atoms with E-state index in [0.717, 1.165) is 19.0 Å². The van der Waals surface area contributed by atoms with Gasteiger partial charge >= 0.3 is 0 Å². The van der Waals surface area contributed by atoms with Gasteiger partial charge in [-0.05, 0) is 12.8 Å². The zero-order valence-corrected chi connectivity index (χ0v) is 4.74. The van der Waals surface area contributed by atoms with Gasteiger partial charge in [0.2, 0.25) is 0 Å². The van der Waals surface area contributed by atoms with Crippen molar-refractivity contribution < 1.29 is 10.0 Å². The van der Waals surface area contributed by atoms with Crippen LogP contribution in [0.15, 0.2) is 12.0 Å². The minimum atomic E-state index is -0.595. The van der Waals surface area contributed by atoms with Crippen molar-refractivity contribution in [3.05, 3.63) is 22.1 Å². The lowest BCUT2D eigenvalue weighted by Crippen LogP contribution is -1.90. The first-order valence-corrected chi connectivity index (χ1v) is 2.72. The van der Waals surface area contributed by atoms with E-state index in [1.807, 2.05) is 0 Å². The van der Waals surface area contributed by atoms with Crippen LogP contribution in [0.3, 0.4) is 0 Å². The van der Waals surface area contributed by atoms with Gasteiger partial charge in [0.05, 0.1) is 4.92 Å². The van der Waals surface area contributed by atoms with Crippen LogP contribution < -0.4 is 0 Å². The average Bonchev–Trinajstić information content (AvgIpc) is 2.63. The molecule has 1 fully saturated rings. The molecule has 9 heavy (non-hydrogen) atoms. The Kier molecular flexibility index (Phi) is 1.09. The van der Waals surface area contributed by atoms with Crippen molar-refractivity contribution in [2.45, 2.75) is 12.8 Å². The van der Waals surface area contributed by atoms with Crippen molar-refractivity contribution in [3.8, 4) is 0 Å². The summed E-state index contributed by atoms with van der Waals surface area (Å²) in [6.07, 6.45) is 2.56. The zero-order valence-electron chi connectivity index (χ0n) is 5.74. The van der Waals surface area contributed by atoms with Crippen LogP contribution >= 0.6 is 0 Å². The summed E-state index contributed by atoms with van der Waals surface area (Å²) in [5.74, 6) is 0.299. The maximum Gasteiger partial charge on any atom is 0.293 e. The van der Waals surface area contributed by atoms with Gasteiger partial charge in [0.25, 0.3) is 7.63 Å². The molecule has 1 N–H and O–H groups in total. The quantitative estimate of drug-likeness (QED) is 0.354. The van der Waals surface area contributed by atoms with E-state index in [0.29, 0.717) is 0 Å². The summed E-state index contributed by atoms with van der Waals surface area (Å²) >= 11 is 0. The largest absolute Gasteiger partial charge is 0.506 e. The molecule has 0 aromatic heterocycles. The highest BCUT2D eigenvalue weighted by Crippen LogP contribution is 2.34. The van der Waals surface area contributed by atoms with Crippen LogP contribution in [-0.2, 0) is 0 Å². The van der Waals surface area contributed by atoms with Gasteiger partial charge in [0.15, 0.2) is 5.76 Å². The highest BCUT2D eigenvalue weighted by molar-refractivity contribution is 4.99. The third-order valence-electron chi connectivity index (χ3n) is 1.21. The standard InChI is InChI=1S/C5H7NO3/c7-5(3-6(8)9)4-1-2-4/h3-4,7H,1-2H2/b5-3+/i/hT. The van der Waals surface area contributed by atoms with Gasteiger partial charge in [0.1, 0.15) is 0 Å². The molecule has 0 aliphatic heterocycles. The molecule has 50 valence electrons. The SMILES string of the molecule is [3H]O/C(=C/[N+](=O)[O-])C1CC1. The molecule has 0 aromatic rings. The van der Waals surface area contributed by atoms with E-state index in [1.165, 1.54) is 0 Å². The number of rotatable bonds is 3. The molecule has 0 bridgehead atoms. The van der Waals surface area contributed by atoms with E-state index in [2.05, 4.69) is 5.11 Å². The monoisotopic (exact) mass is 131 g/mol. The summed E-state index contributed by atoms with van der Waals surface area (Å²) in [7, 11) is 0. The minimum absolute atomic E-state index is 0.128. The van der Waals surface area contributed by atoms with Crippen LogP contribution in [-0.4, -0.2) is 10.0 Å². The number of allylic oxidation sites excluding steroid dienone is 1. The molecule has 0 aromatic carbocycles. The number of aliphatic hydroxyl groups is 1. The van der Waals surface area contributed by atoms with E-state index in [1.54, 1.807) is 0 Å². The minimum Gasteiger partial charge on any atom is -0.506 e. The van der Waals surface area contributed by atoms with E-state index >= 15 is 0 Å². The molecule has 0 radical (unpaired) electrons. The number of aliphatic hydroxyl groups excluding tert-OH is 1. The van der Waals surface area contributed by atoms with Crippen molar-refractivity contribution in [2.24, 2.45) is 5.92 Å². The van der Waals surface area contributed by atoms with Crippen LogP contribution in [0.25, 0.3) is 1.43 Å². The van der Waals surface area contributed by atoms with Crippen molar-refractivity contribution >= 4 is 0 Å². The van der Waals surface area contributed by atoms with Crippen LogP contribution in [0, 0.1) is 16.0 Å². The van der Waals surface area contributed by atoms with Crippen LogP contribution in [0.1, 0.15) is 12.8 Å². The van der Waals surface area contributed by atoms with Gasteiger partial charge in [-0.15, -0.1) is 0 Å². The summed E-state index contributed by atoms with van der Waals surface area (Å²) in [5.41, 5.74) is 0. The molecule has 1 rings (SSSR count). The van der Waals surface area contributed by atoms with Crippen LogP contribution in [0.4, 0.5) is 0 Å². The Morgan fingerprint density at radius 2 is 2.67 bits per heavy atom. The fourth-order valence-electron chi connectivity index (χ4n) is 0.577. The summed E-state index contributed by atoms with van der Waals surface area (Å²) in [4.78, 5) is 9.27. The number of nitro groups is 1. The number of hydrogen-bond donors (Lipinski definition) is 1. The molecule has 0 heterocycles. The lowest BCUT2D eigenvalue weighted by atomic mass is 10.4. The first-order chi connectivity index (χ1) is 4.74. The van der Waals surface area contributed by atoms with E-state index < -0.39 is 4.92 Å². The van der Waals surface area contributed by atoms with E-state index in [-0.39, 0.29) is 11.7 Å². The van der Waals surface area contributed by atoms with Crippen molar-refractivity contribution in [3.63, 3.8) is 0 Å². The molecule has 1 aliphatic rings. The molecule has 4 heteroatoms. The van der Waals surface area contributed by atoms with Gasteiger partial charge in [-0.1, -0.05) is 0 Å². The Hall–Kier alpha value is -1.06. The normalized spacial score (nSPS) is 20.9. The Labute approximate surface area is 53.4 Å². The van der Waals surface area contributed by atoms with Gasteiger partial charge in [-0.2, -0.15) is 0 Å². The predicted octanol–water partition coefficient (Wildman–Crippen LogP) is 1.07. The average molecular weight is 131 g/mol. The highest BCUT2D eigenvalue weighted by atomic mass is 16.6. The van der Waals surface area contributed by atoms with Gasteiger partial charge < -0.3 is 5.11 Å². The Bertz CT molecular complexity index is 176. The summed E-state index contributed by atoms with van der Waals surface area (Å²) < 4.78 is 6.45. The molecule has 0 amide bonds. The molecule has 0 saturated heterocycles. The Balaban J connectivity index is 2.53. The Morgan fingerprint density at radius 1 is 2.00 bits per heavy atom. The van der Waals surface area contributed by atoms with Crippen molar-refractivity contribution in [1.29, 1.82) is 1.43 Å². The molecular weight excluding hydrogens is 122 g/mol. The fraction of sp³-hybridized carbons (Fsp3) is 0.600. The molecule has 4 nitrogen and oxygen atoms in total.